The van der Waals surface area contributed by atoms with Crippen LogP contribution in [0.3, 0.4) is 0 Å². The number of oxazole rings is 1. The lowest BCUT2D eigenvalue weighted by molar-refractivity contribution is 0.483. The second kappa shape index (κ2) is 6.11. The largest absolute Gasteiger partial charge is 0.457 e. The summed E-state index contributed by atoms with van der Waals surface area (Å²) in [7, 11) is 0. The lowest BCUT2D eigenvalue weighted by Gasteiger charge is -2.06. The number of ether oxygens (including phenoxy) is 1. The van der Waals surface area contributed by atoms with Crippen molar-refractivity contribution >= 4 is 11.7 Å². The predicted octanol–water partition coefficient (Wildman–Crippen LogP) is 3.67. The summed E-state index contributed by atoms with van der Waals surface area (Å²) in [6, 6.07) is 17.6. The number of nitrogens with zero attached hydrogens (tertiary/aromatic N) is 1. The second-order valence-corrected chi connectivity index (χ2v) is 4.41. The highest BCUT2D eigenvalue weighted by molar-refractivity contribution is 5.54. The van der Waals surface area contributed by atoms with Crippen LogP contribution >= 0.6 is 0 Å². The second-order valence-electron chi connectivity index (χ2n) is 4.41. The smallest absolute Gasteiger partial charge is 0.299 e. The maximum absolute atomic E-state index is 5.72. The van der Waals surface area contributed by atoms with Crippen molar-refractivity contribution in [2.24, 2.45) is 5.73 Å². The van der Waals surface area contributed by atoms with Crippen LogP contribution in [0, 0.1) is 0 Å². The molecule has 0 bridgehead atoms. The van der Waals surface area contributed by atoms with Gasteiger partial charge in [-0.3, -0.25) is 0 Å². The molecule has 3 N–H and O–H groups in total. The SMILES string of the molecule is NCc1coc(Nc2ccc(Oc3ccccc3)cc2)n1. The first-order valence-corrected chi connectivity index (χ1v) is 6.58. The zero-order chi connectivity index (χ0) is 14.5. The van der Waals surface area contributed by atoms with E-state index in [4.69, 9.17) is 14.9 Å². The fourth-order valence-corrected chi connectivity index (χ4v) is 1.81. The van der Waals surface area contributed by atoms with Crippen molar-refractivity contribution in [3.8, 4) is 11.5 Å². The topological polar surface area (TPSA) is 73.3 Å². The lowest BCUT2D eigenvalue weighted by Crippen LogP contribution is -1.97. The Morgan fingerprint density at radius 2 is 1.71 bits per heavy atom. The Bertz CT molecular complexity index is 693. The zero-order valence-electron chi connectivity index (χ0n) is 11.3. The molecule has 1 aromatic heterocycles. The monoisotopic (exact) mass is 281 g/mol. The van der Waals surface area contributed by atoms with Gasteiger partial charge in [0, 0.05) is 12.2 Å². The van der Waals surface area contributed by atoms with Gasteiger partial charge in [0.15, 0.2) is 0 Å². The molecule has 0 aliphatic carbocycles. The van der Waals surface area contributed by atoms with E-state index < -0.39 is 0 Å². The maximum atomic E-state index is 5.72. The van der Waals surface area contributed by atoms with Crippen molar-refractivity contribution in [2.45, 2.75) is 6.54 Å². The van der Waals surface area contributed by atoms with Crippen molar-refractivity contribution < 1.29 is 9.15 Å². The summed E-state index contributed by atoms with van der Waals surface area (Å²) in [5.41, 5.74) is 7.05. The van der Waals surface area contributed by atoms with Gasteiger partial charge in [0.2, 0.25) is 0 Å². The standard InChI is InChI=1S/C16H15N3O2/c17-10-13-11-20-16(19-13)18-12-6-8-15(9-7-12)21-14-4-2-1-3-5-14/h1-9,11H,10,17H2,(H,18,19). The molecule has 0 fully saturated rings. The van der Waals surface area contributed by atoms with E-state index in [1.807, 2.05) is 54.6 Å². The Hall–Kier alpha value is -2.79. The number of hydrogen-bond acceptors (Lipinski definition) is 5. The first kappa shape index (κ1) is 13.2. The Morgan fingerprint density at radius 3 is 2.38 bits per heavy atom. The number of rotatable bonds is 5. The van der Waals surface area contributed by atoms with Crippen LogP contribution in [-0.2, 0) is 6.54 Å². The van der Waals surface area contributed by atoms with Crippen LogP contribution in [0.2, 0.25) is 0 Å². The number of aromatic nitrogens is 1. The van der Waals surface area contributed by atoms with E-state index >= 15 is 0 Å². The minimum atomic E-state index is 0.356. The van der Waals surface area contributed by atoms with Gasteiger partial charge in [-0.2, -0.15) is 4.98 Å². The van der Waals surface area contributed by atoms with E-state index in [0.29, 0.717) is 18.3 Å². The van der Waals surface area contributed by atoms with Crippen LogP contribution in [-0.4, -0.2) is 4.98 Å². The minimum Gasteiger partial charge on any atom is -0.457 e. The number of para-hydroxylation sites is 1. The molecule has 106 valence electrons. The number of nitrogens with two attached hydrogens (primary N) is 1. The fourth-order valence-electron chi connectivity index (χ4n) is 1.81. The van der Waals surface area contributed by atoms with Gasteiger partial charge in [0.1, 0.15) is 17.8 Å². The van der Waals surface area contributed by atoms with Crippen molar-refractivity contribution in [3.05, 3.63) is 66.6 Å². The third-order valence-electron chi connectivity index (χ3n) is 2.85. The molecule has 5 heteroatoms. The van der Waals surface area contributed by atoms with Gasteiger partial charge < -0.3 is 20.2 Å². The van der Waals surface area contributed by atoms with E-state index in [1.165, 1.54) is 6.26 Å². The third-order valence-corrected chi connectivity index (χ3v) is 2.85. The summed E-state index contributed by atoms with van der Waals surface area (Å²) in [5.74, 6) is 1.57. The van der Waals surface area contributed by atoms with Gasteiger partial charge in [-0.05, 0) is 36.4 Å². The summed E-state index contributed by atoms with van der Waals surface area (Å²) in [6.45, 7) is 0.356. The summed E-state index contributed by atoms with van der Waals surface area (Å²) in [4.78, 5) is 4.18. The molecule has 0 saturated carbocycles. The van der Waals surface area contributed by atoms with Gasteiger partial charge >= 0.3 is 0 Å². The molecule has 0 aliphatic rings. The summed E-state index contributed by atoms with van der Waals surface area (Å²) in [6.07, 6.45) is 1.54. The first-order chi connectivity index (χ1) is 10.3. The van der Waals surface area contributed by atoms with Crippen LogP contribution in [0.15, 0.2) is 65.3 Å². The number of nitrogens with one attached hydrogen (secondary N) is 1. The predicted molar refractivity (Wildman–Crippen MR) is 80.6 cm³/mol. The zero-order valence-corrected chi connectivity index (χ0v) is 11.3. The van der Waals surface area contributed by atoms with Gasteiger partial charge in [0.05, 0.1) is 5.69 Å². The van der Waals surface area contributed by atoms with Crippen molar-refractivity contribution in [1.29, 1.82) is 0 Å². The van der Waals surface area contributed by atoms with E-state index in [9.17, 15) is 0 Å². The van der Waals surface area contributed by atoms with E-state index in [2.05, 4.69) is 10.3 Å². The van der Waals surface area contributed by atoms with E-state index in [-0.39, 0.29) is 0 Å². The van der Waals surface area contributed by atoms with Crippen LogP contribution in [0.4, 0.5) is 11.7 Å². The molecule has 21 heavy (non-hydrogen) atoms. The Labute approximate surface area is 122 Å². The highest BCUT2D eigenvalue weighted by Crippen LogP contribution is 2.24. The molecule has 0 atom stereocenters. The van der Waals surface area contributed by atoms with Crippen LogP contribution in [0.25, 0.3) is 0 Å². The normalized spacial score (nSPS) is 10.3. The van der Waals surface area contributed by atoms with Crippen LogP contribution in [0.1, 0.15) is 5.69 Å². The molecule has 2 aromatic carbocycles. The summed E-state index contributed by atoms with van der Waals surface area (Å²) < 4.78 is 11.0. The lowest BCUT2D eigenvalue weighted by atomic mass is 10.3. The molecule has 3 aromatic rings. The summed E-state index contributed by atoms with van der Waals surface area (Å²) in [5, 5.41) is 3.06. The fraction of sp³-hybridized carbons (Fsp3) is 0.0625. The van der Waals surface area contributed by atoms with Gasteiger partial charge in [0.25, 0.3) is 6.01 Å². The Balaban J connectivity index is 1.66. The van der Waals surface area contributed by atoms with E-state index in [1.54, 1.807) is 0 Å². The van der Waals surface area contributed by atoms with Crippen LogP contribution in [0.5, 0.6) is 11.5 Å². The molecule has 0 radical (unpaired) electrons. The number of anilines is 2. The maximum Gasteiger partial charge on any atom is 0.299 e. The quantitative estimate of drug-likeness (QED) is 0.746. The summed E-state index contributed by atoms with van der Waals surface area (Å²) >= 11 is 0. The van der Waals surface area contributed by atoms with Gasteiger partial charge in [-0.15, -0.1) is 0 Å². The molecular weight excluding hydrogens is 266 g/mol. The van der Waals surface area contributed by atoms with Crippen molar-refractivity contribution in [3.63, 3.8) is 0 Å². The highest BCUT2D eigenvalue weighted by atomic mass is 16.5. The third kappa shape index (κ3) is 3.40. The van der Waals surface area contributed by atoms with Crippen molar-refractivity contribution in [1.82, 2.24) is 4.98 Å². The number of benzene rings is 2. The minimum absolute atomic E-state index is 0.356. The Kier molecular flexibility index (Phi) is 3.84. The first-order valence-electron chi connectivity index (χ1n) is 6.58. The van der Waals surface area contributed by atoms with Crippen LogP contribution < -0.4 is 15.8 Å². The molecule has 0 aliphatic heterocycles. The Morgan fingerprint density at radius 1 is 1.00 bits per heavy atom. The average Bonchev–Trinajstić information content (AvgIpc) is 2.98. The molecule has 0 saturated heterocycles. The van der Waals surface area contributed by atoms with Gasteiger partial charge in [-0.1, -0.05) is 18.2 Å². The number of hydrogen-bond donors (Lipinski definition) is 2. The molecule has 0 amide bonds. The molecule has 1 heterocycles. The highest BCUT2D eigenvalue weighted by Gasteiger charge is 2.03. The average molecular weight is 281 g/mol. The van der Waals surface area contributed by atoms with E-state index in [0.717, 1.165) is 17.2 Å². The van der Waals surface area contributed by atoms with Gasteiger partial charge in [-0.25, -0.2) is 0 Å². The molecular formula is C16H15N3O2. The molecule has 0 spiro atoms. The molecule has 5 nitrogen and oxygen atoms in total. The molecule has 3 rings (SSSR count). The van der Waals surface area contributed by atoms with Crippen molar-refractivity contribution in [2.75, 3.05) is 5.32 Å². The molecule has 0 unspecified atom stereocenters.